The summed E-state index contributed by atoms with van der Waals surface area (Å²) in [7, 11) is 0. The van der Waals surface area contributed by atoms with Crippen molar-refractivity contribution < 1.29 is 9.90 Å². The molecule has 1 saturated heterocycles. The summed E-state index contributed by atoms with van der Waals surface area (Å²) < 4.78 is 0. The van der Waals surface area contributed by atoms with E-state index in [0.29, 0.717) is 0 Å². The van der Waals surface area contributed by atoms with E-state index in [4.69, 9.17) is 0 Å². The minimum absolute atomic E-state index is 0.0340. The molecule has 0 aromatic rings. The predicted octanol–water partition coefficient (Wildman–Crippen LogP) is 0.262. The van der Waals surface area contributed by atoms with Crippen LogP contribution in [0.25, 0.3) is 0 Å². The molecule has 88 valence electrons. The molecule has 1 fully saturated rings. The number of carbonyl (C=O) groups excluding carboxylic acids is 1. The molecule has 3 N–H and O–H groups in total. The molecule has 4 heteroatoms. The summed E-state index contributed by atoms with van der Waals surface area (Å²) in [5.41, 5.74) is 0. The first-order valence-corrected chi connectivity index (χ1v) is 5.84. The lowest BCUT2D eigenvalue weighted by Crippen LogP contribution is -2.47. The van der Waals surface area contributed by atoms with Crippen LogP contribution in [-0.4, -0.2) is 36.2 Å². The van der Waals surface area contributed by atoms with E-state index in [1.807, 2.05) is 13.8 Å². The molecule has 0 bridgehead atoms. The van der Waals surface area contributed by atoms with Crippen LogP contribution in [0.5, 0.6) is 0 Å². The van der Waals surface area contributed by atoms with E-state index in [1.165, 1.54) is 0 Å². The fourth-order valence-electron chi connectivity index (χ4n) is 1.73. The molecule has 4 nitrogen and oxygen atoms in total. The monoisotopic (exact) mass is 214 g/mol. The Hall–Kier alpha value is -0.610. The van der Waals surface area contributed by atoms with E-state index in [-0.39, 0.29) is 17.9 Å². The molecule has 1 rings (SSSR count). The third kappa shape index (κ3) is 3.80. The summed E-state index contributed by atoms with van der Waals surface area (Å²) >= 11 is 0. The number of amides is 1. The summed E-state index contributed by atoms with van der Waals surface area (Å²) in [6, 6.07) is 0.234. The Morgan fingerprint density at radius 2 is 2.13 bits per heavy atom. The number of rotatable bonds is 4. The molecule has 15 heavy (non-hydrogen) atoms. The zero-order valence-corrected chi connectivity index (χ0v) is 9.62. The molecule has 1 aliphatic heterocycles. The smallest absolute Gasteiger partial charge is 0.249 e. The highest BCUT2D eigenvalue weighted by molar-refractivity contribution is 5.81. The van der Waals surface area contributed by atoms with E-state index in [2.05, 4.69) is 10.6 Å². The van der Waals surface area contributed by atoms with E-state index >= 15 is 0 Å². The van der Waals surface area contributed by atoms with E-state index in [0.717, 1.165) is 32.4 Å². The molecule has 2 unspecified atom stereocenters. The van der Waals surface area contributed by atoms with Gasteiger partial charge < -0.3 is 15.7 Å². The van der Waals surface area contributed by atoms with Crippen LogP contribution in [0.4, 0.5) is 0 Å². The Kier molecular flexibility index (Phi) is 5.05. The van der Waals surface area contributed by atoms with Crippen LogP contribution in [0.2, 0.25) is 0 Å². The van der Waals surface area contributed by atoms with Gasteiger partial charge in [-0.1, -0.05) is 20.3 Å². The largest absolute Gasteiger partial charge is 0.383 e. The first-order chi connectivity index (χ1) is 7.15. The lowest BCUT2D eigenvalue weighted by atomic mass is 10.00. The van der Waals surface area contributed by atoms with Crippen molar-refractivity contribution in [2.24, 2.45) is 5.92 Å². The zero-order chi connectivity index (χ0) is 11.3. The summed E-state index contributed by atoms with van der Waals surface area (Å²) in [4.78, 5) is 11.6. The fraction of sp³-hybridized carbons (Fsp3) is 0.909. The van der Waals surface area contributed by atoms with Crippen molar-refractivity contribution in [3.8, 4) is 0 Å². The van der Waals surface area contributed by atoms with Crippen LogP contribution in [0.3, 0.4) is 0 Å². The molecule has 2 atom stereocenters. The van der Waals surface area contributed by atoms with Gasteiger partial charge in [-0.25, -0.2) is 0 Å². The van der Waals surface area contributed by atoms with Gasteiger partial charge in [-0.15, -0.1) is 0 Å². The van der Waals surface area contributed by atoms with Gasteiger partial charge in [-0.3, -0.25) is 4.79 Å². The molecular weight excluding hydrogens is 192 g/mol. The summed E-state index contributed by atoms with van der Waals surface area (Å²) in [6.07, 6.45) is 1.88. The van der Waals surface area contributed by atoms with Gasteiger partial charge in [0, 0.05) is 6.04 Å². The molecule has 1 amide bonds. The first-order valence-electron chi connectivity index (χ1n) is 5.84. The SMILES string of the molecule is CCC(C)C(O)C(=O)NC1CCNCC1. The van der Waals surface area contributed by atoms with Crippen LogP contribution in [0, 0.1) is 5.92 Å². The van der Waals surface area contributed by atoms with Crippen molar-refractivity contribution in [1.29, 1.82) is 0 Å². The van der Waals surface area contributed by atoms with Gasteiger partial charge in [0.25, 0.3) is 0 Å². The number of piperidine rings is 1. The van der Waals surface area contributed by atoms with Gasteiger partial charge in [0.1, 0.15) is 6.10 Å². The highest BCUT2D eigenvalue weighted by Gasteiger charge is 2.23. The van der Waals surface area contributed by atoms with Gasteiger partial charge in [0.2, 0.25) is 5.91 Å². The molecule has 0 saturated carbocycles. The minimum atomic E-state index is -0.857. The molecule has 0 radical (unpaired) electrons. The van der Waals surface area contributed by atoms with Crippen molar-refractivity contribution in [1.82, 2.24) is 10.6 Å². The summed E-state index contributed by atoms with van der Waals surface area (Å²) in [5, 5.41) is 15.8. The average Bonchev–Trinajstić information content (AvgIpc) is 2.28. The zero-order valence-electron chi connectivity index (χ0n) is 9.62. The second kappa shape index (κ2) is 6.08. The van der Waals surface area contributed by atoms with E-state index in [9.17, 15) is 9.90 Å². The van der Waals surface area contributed by atoms with Gasteiger partial charge >= 0.3 is 0 Å². The fourth-order valence-corrected chi connectivity index (χ4v) is 1.73. The van der Waals surface area contributed by atoms with Crippen LogP contribution in [0.15, 0.2) is 0 Å². The third-order valence-corrected chi connectivity index (χ3v) is 3.14. The van der Waals surface area contributed by atoms with Crippen LogP contribution in [-0.2, 0) is 4.79 Å². The Balaban J connectivity index is 2.33. The molecule has 0 spiro atoms. The molecule has 0 aromatic heterocycles. The maximum absolute atomic E-state index is 11.6. The Labute approximate surface area is 91.4 Å². The van der Waals surface area contributed by atoms with Crippen LogP contribution < -0.4 is 10.6 Å². The highest BCUT2D eigenvalue weighted by atomic mass is 16.3. The molecular formula is C11H22N2O2. The topological polar surface area (TPSA) is 61.4 Å². The van der Waals surface area contributed by atoms with Gasteiger partial charge in [0.15, 0.2) is 0 Å². The van der Waals surface area contributed by atoms with Crippen LogP contribution >= 0.6 is 0 Å². The lowest BCUT2D eigenvalue weighted by Gasteiger charge is -2.26. The number of aliphatic hydroxyl groups is 1. The molecule has 1 heterocycles. The van der Waals surface area contributed by atoms with E-state index < -0.39 is 6.10 Å². The number of hydrogen-bond donors (Lipinski definition) is 3. The Bertz CT molecular complexity index is 203. The number of hydrogen-bond acceptors (Lipinski definition) is 3. The molecule has 0 aromatic carbocycles. The second-order valence-corrected chi connectivity index (χ2v) is 4.36. The maximum Gasteiger partial charge on any atom is 0.249 e. The van der Waals surface area contributed by atoms with Crippen molar-refractivity contribution in [3.63, 3.8) is 0 Å². The first kappa shape index (κ1) is 12.5. The normalized spacial score (nSPS) is 22.1. The van der Waals surface area contributed by atoms with Crippen molar-refractivity contribution in [3.05, 3.63) is 0 Å². The maximum atomic E-state index is 11.6. The molecule has 0 aliphatic carbocycles. The average molecular weight is 214 g/mol. The quantitative estimate of drug-likeness (QED) is 0.629. The minimum Gasteiger partial charge on any atom is -0.383 e. The lowest BCUT2D eigenvalue weighted by molar-refractivity contribution is -0.132. The van der Waals surface area contributed by atoms with Gasteiger partial charge in [-0.2, -0.15) is 0 Å². The number of aliphatic hydroxyl groups excluding tert-OH is 1. The summed E-state index contributed by atoms with van der Waals surface area (Å²) in [5.74, 6) is -0.178. The Morgan fingerprint density at radius 3 is 2.67 bits per heavy atom. The molecule has 1 aliphatic rings. The second-order valence-electron chi connectivity index (χ2n) is 4.36. The van der Waals surface area contributed by atoms with Gasteiger partial charge in [-0.05, 0) is 31.8 Å². The summed E-state index contributed by atoms with van der Waals surface area (Å²) in [6.45, 7) is 5.77. The highest BCUT2D eigenvalue weighted by Crippen LogP contribution is 2.09. The predicted molar refractivity (Wildman–Crippen MR) is 59.5 cm³/mol. The number of nitrogens with one attached hydrogen (secondary N) is 2. The Morgan fingerprint density at radius 1 is 1.53 bits per heavy atom. The van der Waals surface area contributed by atoms with Crippen molar-refractivity contribution >= 4 is 5.91 Å². The number of carbonyl (C=O) groups is 1. The van der Waals surface area contributed by atoms with Crippen molar-refractivity contribution in [2.75, 3.05) is 13.1 Å². The van der Waals surface area contributed by atoms with E-state index in [1.54, 1.807) is 0 Å². The third-order valence-electron chi connectivity index (χ3n) is 3.14. The van der Waals surface area contributed by atoms with Crippen molar-refractivity contribution in [2.45, 2.75) is 45.3 Å². The standard InChI is InChI=1S/C11H22N2O2/c1-3-8(2)10(14)11(15)13-9-4-6-12-7-5-9/h8-10,12,14H,3-7H2,1-2H3,(H,13,15). The van der Waals surface area contributed by atoms with Gasteiger partial charge in [0.05, 0.1) is 0 Å². The van der Waals surface area contributed by atoms with Crippen LogP contribution in [0.1, 0.15) is 33.1 Å².